The summed E-state index contributed by atoms with van der Waals surface area (Å²) in [6.07, 6.45) is 0. The van der Waals surface area contributed by atoms with Gasteiger partial charge in [0.25, 0.3) is 0 Å². The normalized spacial score (nSPS) is 10.7. The number of amides is 2. The summed E-state index contributed by atoms with van der Waals surface area (Å²) in [5.41, 5.74) is 0. The predicted octanol–water partition coefficient (Wildman–Crippen LogP) is 0.598. The lowest BCUT2D eigenvalue weighted by molar-refractivity contribution is 0.201. The third-order valence-corrected chi connectivity index (χ3v) is 1.64. The van der Waals surface area contributed by atoms with Crippen LogP contribution in [0.3, 0.4) is 0 Å². The van der Waals surface area contributed by atoms with Gasteiger partial charge >= 0.3 is 6.03 Å². The quantitative estimate of drug-likeness (QED) is 0.699. The highest BCUT2D eigenvalue weighted by Gasteiger charge is 2.08. The van der Waals surface area contributed by atoms with Crippen molar-refractivity contribution in [3.8, 4) is 0 Å². The van der Waals surface area contributed by atoms with Crippen LogP contribution in [-0.4, -0.2) is 56.1 Å². The third-order valence-electron chi connectivity index (χ3n) is 1.64. The van der Waals surface area contributed by atoms with Gasteiger partial charge in [-0.1, -0.05) is 0 Å². The highest BCUT2D eigenvalue weighted by molar-refractivity contribution is 5.74. The summed E-state index contributed by atoms with van der Waals surface area (Å²) < 4.78 is 0. The van der Waals surface area contributed by atoms with Gasteiger partial charge in [-0.05, 0) is 27.9 Å². The summed E-state index contributed by atoms with van der Waals surface area (Å²) in [6, 6.07) is 0.200. The molecule has 0 saturated carbocycles. The number of nitrogens with one attached hydrogen (secondary N) is 1. The van der Waals surface area contributed by atoms with Gasteiger partial charge in [-0.25, -0.2) is 4.79 Å². The predicted molar refractivity (Wildman–Crippen MR) is 54.9 cm³/mol. The lowest BCUT2D eigenvalue weighted by Gasteiger charge is -2.21. The van der Waals surface area contributed by atoms with Crippen molar-refractivity contribution in [2.75, 3.05) is 34.2 Å². The average Bonchev–Trinajstić information content (AvgIpc) is 1.98. The Bertz CT molecular complexity index is 157. The van der Waals surface area contributed by atoms with Crippen LogP contribution in [0.15, 0.2) is 0 Å². The number of likely N-dealkylation sites (N-methyl/N-ethyl adjacent to an activating group) is 2. The van der Waals surface area contributed by atoms with Gasteiger partial charge in [-0.3, -0.25) is 0 Å². The lowest BCUT2D eigenvalue weighted by Crippen LogP contribution is -2.43. The molecule has 0 aromatic carbocycles. The van der Waals surface area contributed by atoms with E-state index in [1.165, 1.54) is 0 Å². The first kappa shape index (κ1) is 12.2. The maximum atomic E-state index is 11.4. The Labute approximate surface area is 80.9 Å². The Morgan fingerprint density at radius 3 is 2.15 bits per heavy atom. The molecule has 0 aliphatic rings. The van der Waals surface area contributed by atoms with Crippen molar-refractivity contribution in [3.05, 3.63) is 0 Å². The number of urea groups is 1. The molecule has 0 spiro atoms. The number of rotatable bonds is 4. The smallest absolute Gasteiger partial charge is 0.317 e. The SMILES string of the molecule is CC(C)NC(=O)N(C)CCN(C)C. The largest absolute Gasteiger partial charge is 0.336 e. The van der Waals surface area contributed by atoms with Crippen LogP contribution < -0.4 is 5.32 Å². The summed E-state index contributed by atoms with van der Waals surface area (Å²) in [7, 11) is 5.80. The molecule has 0 heterocycles. The molecule has 2 amide bonds. The van der Waals surface area contributed by atoms with Crippen LogP contribution in [0.25, 0.3) is 0 Å². The minimum absolute atomic E-state index is 0.00292. The number of carbonyl (C=O) groups is 1. The van der Waals surface area contributed by atoms with Gasteiger partial charge in [0.2, 0.25) is 0 Å². The van der Waals surface area contributed by atoms with Crippen LogP contribution in [0.2, 0.25) is 0 Å². The first-order valence-electron chi connectivity index (χ1n) is 4.60. The second-order valence-corrected chi connectivity index (χ2v) is 3.83. The average molecular weight is 187 g/mol. The van der Waals surface area contributed by atoms with E-state index in [1.54, 1.807) is 11.9 Å². The maximum absolute atomic E-state index is 11.4. The van der Waals surface area contributed by atoms with Crippen molar-refractivity contribution in [3.63, 3.8) is 0 Å². The minimum atomic E-state index is -0.00292. The zero-order valence-corrected chi connectivity index (χ0v) is 9.29. The van der Waals surface area contributed by atoms with Gasteiger partial charge < -0.3 is 15.1 Å². The zero-order chi connectivity index (χ0) is 10.4. The molecule has 4 nitrogen and oxygen atoms in total. The van der Waals surface area contributed by atoms with Crippen LogP contribution in [0.4, 0.5) is 4.79 Å². The van der Waals surface area contributed by atoms with E-state index >= 15 is 0 Å². The fraction of sp³-hybridized carbons (Fsp3) is 0.889. The lowest BCUT2D eigenvalue weighted by atomic mass is 10.4. The summed E-state index contributed by atoms with van der Waals surface area (Å²) >= 11 is 0. The number of hydrogen-bond donors (Lipinski definition) is 1. The second-order valence-electron chi connectivity index (χ2n) is 3.83. The molecule has 13 heavy (non-hydrogen) atoms. The summed E-state index contributed by atoms with van der Waals surface area (Å²) in [5.74, 6) is 0. The van der Waals surface area contributed by atoms with Crippen LogP contribution in [-0.2, 0) is 0 Å². The molecule has 0 aromatic heterocycles. The molecule has 0 saturated heterocycles. The van der Waals surface area contributed by atoms with Crippen molar-refractivity contribution in [1.82, 2.24) is 15.1 Å². The molecule has 0 atom stereocenters. The highest BCUT2D eigenvalue weighted by atomic mass is 16.2. The second kappa shape index (κ2) is 5.80. The molecule has 78 valence electrons. The van der Waals surface area contributed by atoms with Crippen LogP contribution in [0.1, 0.15) is 13.8 Å². The van der Waals surface area contributed by atoms with Gasteiger partial charge in [0, 0.05) is 26.2 Å². The topological polar surface area (TPSA) is 35.6 Å². The van der Waals surface area contributed by atoms with Gasteiger partial charge in [0.05, 0.1) is 0 Å². The molecule has 0 radical (unpaired) electrons. The van der Waals surface area contributed by atoms with E-state index in [9.17, 15) is 4.79 Å². The summed E-state index contributed by atoms with van der Waals surface area (Å²) in [4.78, 5) is 15.1. The molecular formula is C9H21N3O. The summed E-state index contributed by atoms with van der Waals surface area (Å²) in [5, 5.41) is 2.83. The molecule has 0 fully saturated rings. The van der Waals surface area contributed by atoms with Crippen molar-refractivity contribution in [2.45, 2.75) is 19.9 Å². The van der Waals surface area contributed by atoms with Crippen LogP contribution >= 0.6 is 0 Å². The Hall–Kier alpha value is -0.770. The number of nitrogens with zero attached hydrogens (tertiary/aromatic N) is 2. The van der Waals surface area contributed by atoms with E-state index in [1.807, 2.05) is 27.9 Å². The number of hydrogen-bond acceptors (Lipinski definition) is 2. The zero-order valence-electron chi connectivity index (χ0n) is 9.29. The van der Waals surface area contributed by atoms with E-state index in [2.05, 4.69) is 10.2 Å². The molecule has 0 aromatic rings. The van der Waals surface area contributed by atoms with E-state index in [4.69, 9.17) is 0 Å². The van der Waals surface area contributed by atoms with Gasteiger partial charge in [-0.15, -0.1) is 0 Å². The molecule has 0 aliphatic carbocycles. The van der Waals surface area contributed by atoms with Gasteiger partial charge in [0.1, 0.15) is 0 Å². The molecular weight excluding hydrogens is 166 g/mol. The van der Waals surface area contributed by atoms with Crippen LogP contribution in [0, 0.1) is 0 Å². The van der Waals surface area contributed by atoms with E-state index in [0.717, 1.165) is 13.1 Å². The fourth-order valence-electron chi connectivity index (χ4n) is 0.809. The Morgan fingerprint density at radius 1 is 1.23 bits per heavy atom. The number of carbonyl (C=O) groups excluding carboxylic acids is 1. The Morgan fingerprint density at radius 2 is 1.77 bits per heavy atom. The van der Waals surface area contributed by atoms with Gasteiger partial charge in [0.15, 0.2) is 0 Å². The van der Waals surface area contributed by atoms with Crippen molar-refractivity contribution in [2.24, 2.45) is 0 Å². The monoisotopic (exact) mass is 187 g/mol. The van der Waals surface area contributed by atoms with Crippen molar-refractivity contribution < 1.29 is 4.79 Å². The van der Waals surface area contributed by atoms with Crippen LogP contribution in [0.5, 0.6) is 0 Å². The highest BCUT2D eigenvalue weighted by Crippen LogP contribution is 1.87. The van der Waals surface area contributed by atoms with E-state index < -0.39 is 0 Å². The Balaban J connectivity index is 3.69. The summed E-state index contributed by atoms with van der Waals surface area (Å²) in [6.45, 7) is 5.56. The molecule has 4 heteroatoms. The van der Waals surface area contributed by atoms with Crippen molar-refractivity contribution >= 4 is 6.03 Å². The fourth-order valence-corrected chi connectivity index (χ4v) is 0.809. The molecule has 1 N–H and O–H groups in total. The van der Waals surface area contributed by atoms with E-state index in [-0.39, 0.29) is 12.1 Å². The van der Waals surface area contributed by atoms with Gasteiger partial charge in [-0.2, -0.15) is 0 Å². The molecule has 0 aliphatic heterocycles. The maximum Gasteiger partial charge on any atom is 0.317 e. The molecule has 0 bridgehead atoms. The Kier molecular flexibility index (Phi) is 5.46. The first-order valence-corrected chi connectivity index (χ1v) is 4.60. The molecule has 0 unspecified atom stereocenters. The standard InChI is InChI=1S/C9H21N3O/c1-8(2)10-9(13)12(5)7-6-11(3)4/h8H,6-7H2,1-5H3,(H,10,13). The molecule has 0 rings (SSSR count). The first-order chi connectivity index (χ1) is 5.93. The minimum Gasteiger partial charge on any atom is -0.336 e. The van der Waals surface area contributed by atoms with E-state index in [0.29, 0.717) is 0 Å². The third kappa shape index (κ3) is 6.40. The van der Waals surface area contributed by atoms with Crippen molar-refractivity contribution in [1.29, 1.82) is 0 Å².